The van der Waals surface area contributed by atoms with Gasteiger partial charge in [-0.3, -0.25) is 4.90 Å². The molecule has 150 valence electrons. The van der Waals surface area contributed by atoms with Crippen molar-refractivity contribution in [3.8, 4) is 17.2 Å². The van der Waals surface area contributed by atoms with E-state index in [0.29, 0.717) is 24.7 Å². The topological polar surface area (TPSA) is 43.0 Å². The summed E-state index contributed by atoms with van der Waals surface area (Å²) in [6.45, 7) is 4.40. The maximum atomic E-state index is 12.5. The van der Waals surface area contributed by atoms with Gasteiger partial charge in [0.25, 0.3) is 0 Å². The quantitative estimate of drug-likeness (QED) is 0.862. The van der Waals surface area contributed by atoms with E-state index in [-0.39, 0.29) is 11.8 Å². The van der Waals surface area contributed by atoms with E-state index in [9.17, 15) is 13.2 Å². The second-order valence-corrected chi connectivity index (χ2v) is 6.71. The lowest BCUT2D eigenvalue weighted by Gasteiger charge is -2.36. The van der Waals surface area contributed by atoms with Gasteiger partial charge >= 0.3 is 6.36 Å². The molecule has 1 N–H and O–H groups in total. The molecule has 0 radical (unpaired) electrons. The van der Waals surface area contributed by atoms with Gasteiger partial charge in [0, 0.05) is 26.2 Å². The van der Waals surface area contributed by atoms with Crippen LogP contribution in [0.15, 0.2) is 42.5 Å². The first-order chi connectivity index (χ1) is 13.5. The largest absolute Gasteiger partial charge is 0.573 e. The Morgan fingerprint density at radius 2 is 1.54 bits per heavy atom. The maximum Gasteiger partial charge on any atom is 0.573 e. The van der Waals surface area contributed by atoms with Crippen molar-refractivity contribution >= 4 is 0 Å². The van der Waals surface area contributed by atoms with Gasteiger partial charge in [-0.15, -0.1) is 13.2 Å². The van der Waals surface area contributed by atoms with Crippen LogP contribution in [0.1, 0.15) is 17.2 Å². The van der Waals surface area contributed by atoms with Crippen molar-refractivity contribution in [1.29, 1.82) is 0 Å². The third-order valence-electron chi connectivity index (χ3n) is 4.83. The van der Waals surface area contributed by atoms with Gasteiger partial charge in [-0.25, -0.2) is 0 Å². The van der Waals surface area contributed by atoms with Crippen LogP contribution in [0.3, 0.4) is 0 Å². The first kappa shape index (κ1) is 18.9. The summed E-state index contributed by atoms with van der Waals surface area (Å²) in [6.07, 6.45) is -4.70. The molecule has 1 saturated heterocycles. The summed E-state index contributed by atoms with van der Waals surface area (Å²) in [4.78, 5) is 2.31. The Kier molecular flexibility index (Phi) is 5.32. The molecule has 1 fully saturated rings. The smallest absolute Gasteiger partial charge is 0.486 e. The number of fused-ring (bicyclic) bond motifs is 1. The molecule has 28 heavy (non-hydrogen) atoms. The highest BCUT2D eigenvalue weighted by Gasteiger charge is 2.31. The lowest BCUT2D eigenvalue weighted by molar-refractivity contribution is -0.274. The maximum absolute atomic E-state index is 12.5. The van der Waals surface area contributed by atoms with Gasteiger partial charge in [0.05, 0.1) is 6.04 Å². The van der Waals surface area contributed by atoms with Crippen LogP contribution < -0.4 is 19.5 Å². The van der Waals surface area contributed by atoms with Crippen molar-refractivity contribution in [2.24, 2.45) is 0 Å². The van der Waals surface area contributed by atoms with Gasteiger partial charge in [0.15, 0.2) is 11.5 Å². The van der Waals surface area contributed by atoms with Crippen LogP contribution >= 0.6 is 0 Å². The monoisotopic (exact) mass is 394 g/mol. The minimum absolute atomic E-state index is 0.0992. The Morgan fingerprint density at radius 1 is 0.893 bits per heavy atom. The fourth-order valence-corrected chi connectivity index (χ4v) is 3.64. The number of halogens is 3. The first-order valence-electron chi connectivity index (χ1n) is 9.20. The number of hydrogen-bond acceptors (Lipinski definition) is 5. The standard InChI is InChI=1S/C20H21F3N2O3/c21-20(22,23)28-16-4-1-14(2-5-16)19(25-9-7-24-8-10-25)15-3-6-17-18(13-15)27-12-11-26-17/h1-6,13,19,24H,7-12H2/t19-/m1/s1. The zero-order valence-corrected chi connectivity index (χ0v) is 15.2. The predicted octanol–water partition coefficient (Wildman–Crippen LogP) is 3.35. The molecule has 0 aliphatic carbocycles. The van der Waals surface area contributed by atoms with Crippen LogP contribution in [-0.2, 0) is 0 Å². The SMILES string of the molecule is FC(F)(F)Oc1ccc([C@H](c2ccc3c(c2)OCCO3)N2CCNCC2)cc1. The molecule has 0 amide bonds. The highest BCUT2D eigenvalue weighted by atomic mass is 19.4. The predicted molar refractivity (Wildman–Crippen MR) is 96.8 cm³/mol. The summed E-state index contributed by atoms with van der Waals surface area (Å²) >= 11 is 0. The molecular formula is C20H21F3N2O3. The van der Waals surface area contributed by atoms with Gasteiger partial charge in [-0.1, -0.05) is 18.2 Å². The Morgan fingerprint density at radius 3 is 2.21 bits per heavy atom. The van der Waals surface area contributed by atoms with Gasteiger partial charge in [0.2, 0.25) is 0 Å². The van der Waals surface area contributed by atoms with Crippen molar-refractivity contribution in [2.75, 3.05) is 39.4 Å². The third-order valence-corrected chi connectivity index (χ3v) is 4.83. The van der Waals surface area contributed by atoms with Crippen LogP contribution in [0.5, 0.6) is 17.2 Å². The van der Waals surface area contributed by atoms with E-state index in [2.05, 4.69) is 15.0 Å². The zero-order chi connectivity index (χ0) is 19.6. The molecule has 2 heterocycles. The fourth-order valence-electron chi connectivity index (χ4n) is 3.64. The molecule has 0 spiro atoms. The lowest BCUT2D eigenvalue weighted by atomic mass is 9.96. The van der Waals surface area contributed by atoms with Crippen LogP contribution in [0.25, 0.3) is 0 Å². The Hall–Kier alpha value is -2.45. The first-order valence-corrected chi connectivity index (χ1v) is 9.20. The number of benzene rings is 2. The van der Waals surface area contributed by atoms with Gasteiger partial charge in [-0.2, -0.15) is 0 Å². The highest BCUT2D eigenvalue weighted by Crippen LogP contribution is 2.37. The van der Waals surface area contributed by atoms with Crippen LogP contribution in [0.4, 0.5) is 13.2 Å². The van der Waals surface area contributed by atoms with Crippen LogP contribution in [0, 0.1) is 0 Å². The molecule has 2 aliphatic rings. The van der Waals surface area contributed by atoms with E-state index >= 15 is 0 Å². The number of hydrogen-bond donors (Lipinski definition) is 1. The molecule has 2 aromatic carbocycles. The normalized spacial score (nSPS) is 18.5. The lowest BCUT2D eigenvalue weighted by Crippen LogP contribution is -2.45. The molecule has 0 bridgehead atoms. The summed E-state index contributed by atoms with van der Waals surface area (Å²) in [5.74, 6) is 1.18. The third kappa shape index (κ3) is 4.34. The van der Waals surface area contributed by atoms with E-state index in [4.69, 9.17) is 9.47 Å². The van der Waals surface area contributed by atoms with Gasteiger partial charge in [0.1, 0.15) is 19.0 Å². The number of ether oxygens (including phenoxy) is 3. The number of alkyl halides is 3. The molecular weight excluding hydrogens is 373 g/mol. The van der Waals surface area contributed by atoms with E-state index < -0.39 is 6.36 Å². The summed E-state index contributed by atoms with van der Waals surface area (Å²) in [5, 5.41) is 3.33. The summed E-state index contributed by atoms with van der Waals surface area (Å²) < 4.78 is 52.7. The molecule has 0 unspecified atom stereocenters. The number of nitrogens with zero attached hydrogens (tertiary/aromatic N) is 1. The average molecular weight is 394 g/mol. The van der Waals surface area contributed by atoms with Crippen molar-refractivity contribution < 1.29 is 27.4 Å². The second-order valence-electron chi connectivity index (χ2n) is 6.71. The molecule has 0 aromatic heterocycles. The molecule has 2 aromatic rings. The number of nitrogens with one attached hydrogen (secondary N) is 1. The van der Waals surface area contributed by atoms with E-state index in [1.54, 1.807) is 12.1 Å². The fraction of sp³-hybridized carbons (Fsp3) is 0.400. The van der Waals surface area contributed by atoms with E-state index in [1.165, 1.54) is 12.1 Å². The zero-order valence-electron chi connectivity index (χ0n) is 15.2. The molecule has 0 saturated carbocycles. The van der Waals surface area contributed by atoms with Gasteiger partial charge in [-0.05, 0) is 35.4 Å². The number of rotatable bonds is 4. The van der Waals surface area contributed by atoms with E-state index in [0.717, 1.165) is 37.3 Å². The summed E-state index contributed by atoms with van der Waals surface area (Å²) in [7, 11) is 0. The molecule has 8 heteroatoms. The van der Waals surface area contributed by atoms with Crippen molar-refractivity contribution in [2.45, 2.75) is 12.4 Å². The van der Waals surface area contributed by atoms with Crippen LogP contribution in [-0.4, -0.2) is 50.7 Å². The van der Waals surface area contributed by atoms with Gasteiger partial charge < -0.3 is 19.5 Å². The average Bonchev–Trinajstić information content (AvgIpc) is 2.69. The second kappa shape index (κ2) is 7.89. The Balaban J connectivity index is 1.66. The van der Waals surface area contributed by atoms with E-state index in [1.807, 2.05) is 18.2 Å². The van der Waals surface area contributed by atoms with Crippen molar-refractivity contribution in [3.63, 3.8) is 0 Å². The van der Waals surface area contributed by atoms with Crippen molar-refractivity contribution in [3.05, 3.63) is 53.6 Å². The summed E-state index contributed by atoms with van der Waals surface area (Å²) in [5.41, 5.74) is 1.91. The van der Waals surface area contributed by atoms with Crippen LogP contribution in [0.2, 0.25) is 0 Å². The minimum Gasteiger partial charge on any atom is -0.486 e. The molecule has 4 rings (SSSR count). The summed E-state index contributed by atoms with van der Waals surface area (Å²) in [6, 6.07) is 11.8. The molecule has 2 aliphatic heterocycles. The highest BCUT2D eigenvalue weighted by molar-refractivity contribution is 5.47. The minimum atomic E-state index is -4.70. The number of piperazine rings is 1. The molecule has 1 atom stereocenters. The Labute approximate surface area is 161 Å². The molecule has 5 nitrogen and oxygen atoms in total. The van der Waals surface area contributed by atoms with Crippen molar-refractivity contribution in [1.82, 2.24) is 10.2 Å². The Bertz CT molecular complexity index is 805.